The second-order valence-corrected chi connectivity index (χ2v) is 11.4. The van der Waals surface area contributed by atoms with Crippen LogP contribution in [0.25, 0.3) is 22.3 Å². The van der Waals surface area contributed by atoms with Gasteiger partial charge in [-0.15, -0.1) is 0 Å². The van der Waals surface area contributed by atoms with Gasteiger partial charge in [-0.2, -0.15) is 0 Å². The summed E-state index contributed by atoms with van der Waals surface area (Å²) in [6.45, 7) is 5.13. The van der Waals surface area contributed by atoms with Crippen LogP contribution in [0.3, 0.4) is 0 Å². The number of imidazole rings is 1. The van der Waals surface area contributed by atoms with Crippen molar-refractivity contribution in [2.75, 3.05) is 20.3 Å². The van der Waals surface area contributed by atoms with E-state index in [1.165, 1.54) is 13.2 Å². The Bertz CT molecular complexity index is 1870. The Hall–Kier alpha value is -4.90. The van der Waals surface area contributed by atoms with E-state index in [9.17, 15) is 9.90 Å². The maximum Gasteiger partial charge on any atom is 0.335 e. The number of halogens is 2. The van der Waals surface area contributed by atoms with Crippen molar-refractivity contribution in [3.8, 4) is 22.9 Å². The first-order chi connectivity index (χ1) is 21.1. The van der Waals surface area contributed by atoms with Crippen LogP contribution in [0.4, 0.5) is 8.78 Å². The fourth-order valence-corrected chi connectivity index (χ4v) is 5.53. The highest BCUT2D eigenvalue weighted by Gasteiger charge is 2.39. The monoisotopic (exact) mass is 600 g/mol. The van der Waals surface area contributed by atoms with Gasteiger partial charge in [-0.25, -0.2) is 23.5 Å². The summed E-state index contributed by atoms with van der Waals surface area (Å²) >= 11 is 0. The molecule has 0 saturated carbocycles. The van der Waals surface area contributed by atoms with E-state index in [-0.39, 0.29) is 52.7 Å². The number of rotatable bonds is 9. The number of methoxy groups -OCH3 is 1. The molecule has 1 unspecified atom stereocenters. The number of carboxylic acids is 1. The summed E-state index contributed by atoms with van der Waals surface area (Å²) < 4.78 is 50.0. The van der Waals surface area contributed by atoms with Gasteiger partial charge in [-0.05, 0) is 48.0 Å². The van der Waals surface area contributed by atoms with E-state index in [1.807, 2.05) is 4.57 Å². The molecule has 1 atom stereocenters. The normalized spacial score (nSPS) is 15.9. The van der Waals surface area contributed by atoms with E-state index in [0.29, 0.717) is 35.8 Å². The third-order valence-corrected chi connectivity index (χ3v) is 7.92. The van der Waals surface area contributed by atoms with Gasteiger partial charge >= 0.3 is 5.97 Å². The summed E-state index contributed by atoms with van der Waals surface area (Å²) in [6.07, 6.45) is 3.18. The predicted octanol–water partition coefficient (Wildman–Crippen LogP) is 6.25. The number of aromatic nitrogens is 4. The molecule has 3 aromatic heterocycles. The highest BCUT2D eigenvalue weighted by atomic mass is 19.1. The molecule has 1 aliphatic rings. The minimum atomic E-state index is -1.06. The van der Waals surface area contributed by atoms with Gasteiger partial charge in [-0.1, -0.05) is 19.9 Å². The first-order valence-corrected chi connectivity index (χ1v) is 14.0. The van der Waals surface area contributed by atoms with Crippen molar-refractivity contribution in [2.45, 2.75) is 32.9 Å². The van der Waals surface area contributed by atoms with E-state index >= 15 is 8.78 Å². The zero-order valence-corrected chi connectivity index (χ0v) is 24.4. The molecule has 5 aromatic rings. The fourth-order valence-electron chi connectivity index (χ4n) is 5.53. The van der Waals surface area contributed by atoms with E-state index < -0.39 is 17.6 Å². The van der Waals surface area contributed by atoms with Crippen LogP contribution < -0.4 is 9.47 Å². The summed E-state index contributed by atoms with van der Waals surface area (Å²) in [5.74, 6) is -1.05. The number of benzene rings is 2. The van der Waals surface area contributed by atoms with E-state index in [1.54, 1.807) is 48.8 Å². The Morgan fingerprint density at radius 2 is 1.93 bits per heavy atom. The van der Waals surface area contributed by atoms with E-state index in [0.717, 1.165) is 17.7 Å². The number of fused-ring (bicyclic) bond motifs is 1. The topological polar surface area (TPSA) is 109 Å². The van der Waals surface area contributed by atoms with Gasteiger partial charge in [0.25, 0.3) is 0 Å². The molecular formula is C33H30F2N4O5. The lowest BCUT2D eigenvalue weighted by Gasteiger charge is -2.28. The van der Waals surface area contributed by atoms with Gasteiger partial charge in [0.2, 0.25) is 5.88 Å². The Morgan fingerprint density at radius 3 is 2.68 bits per heavy atom. The van der Waals surface area contributed by atoms with Gasteiger partial charge in [0.1, 0.15) is 29.8 Å². The van der Waals surface area contributed by atoms with Crippen molar-refractivity contribution in [3.63, 3.8) is 0 Å². The number of hydrogen-bond donors (Lipinski definition) is 1. The first kappa shape index (κ1) is 29.2. The molecule has 2 aromatic carbocycles. The Labute approximate surface area is 252 Å². The van der Waals surface area contributed by atoms with Crippen LogP contribution in [-0.4, -0.2) is 50.9 Å². The standard InChI is InChI=1S/C33H30F2N4O5/c1-33(2)18-43-17-29(33)39-27-12-19(32(40)41)7-8-26(27)37-30(39)13-21-11-24(35)22(14-23(21)34)25-5-4-6-31(38-25)44-16-20-9-10-36-15-28(20)42-3/h4-12,14-15,29H,13,16-18H2,1-3H3,(H,40,41). The molecule has 0 radical (unpaired) electrons. The zero-order chi connectivity index (χ0) is 31.0. The lowest BCUT2D eigenvalue weighted by atomic mass is 9.87. The van der Waals surface area contributed by atoms with Crippen LogP contribution in [0.1, 0.15) is 47.2 Å². The quantitative estimate of drug-likeness (QED) is 0.212. The van der Waals surface area contributed by atoms with Gasteiger partial charge in [0.05, 0.1) is 54.9 Å². The van der Waals surface area contributed by atoms with Crippen molar-refractivity contribution in [1.29, 1.82) is 0 Å². The Kier molecular flexibility index (Phi) is 7.73. The Balaban J connectivity index is 1.31. The molecule has 0 amide bonds. The summed E-state index contributed by atoms with van der Waals surface area (Å²) in [5.41, 5.74) is 2.05. The van der Waals surface area contributed by atoms with Crippen LogP contribution in [0, 0.1) is 17.0 Å². The maximum absolute atomic E-state index is 15.7. The minimum absolute atomic E-state index is 0.0110. The molecule has 1 N–H and O–H groups in total. The van der Waals surface area contributed by atoms with E-state index in [2.05, 4.69) is 23.8 Å². The average Bonchev–Trinajstić information content (AvgIpc) is 3.54. The second-order valence-electron chi connectivity index (χ2n) is 11.4. The molecule has 0 bridgehead atoms. The van der Waals surface area contributed by atoms with E-state index in [4.69, 9.17) is 19.2 Å². The highest BCUT2D eigenvalue weighted by molar-refractivity contribution is 5.92. The number of nitrogens with zero attached hydrogens (tertiary/aromatic N) is 4. The SMILES string of the molecule is COc1cnccc1COc1cccc(-c2cc(F)c(Cc3nc4ccc(C(=O)O)cc4n3C3COCC3(C)C)cc2F)n1. The third kappa shape index (κ3) is 5.58. The third-order valence-electron chi connectivity index (χ3n) is 7.92. The molecule has 1 saturated heterocycles. The second kappa shape index (κ2) is 11.6. The summed E-state index contributed by atoms with van der Waals surface area (Å²) in [5, 5.41) is 9.59. The van der Waals surface area contributed by atoms with Gasteiger partial charge in [0.15, 0.2) is 0 Å². The van der Waals surface area contributed by atoms with Gasteiger partial charge < -0.3 is 23.9 Å². The van der Waals surface area contributed by atoms with Crippen molar-refractivity contribution in [2.24, 2.45) is 5.41 Å². The molecule has 226 valence electrons. The van der Waals surface area contributed by atoms with Crippen molar-refractivity contribution >= 4 is 17.0 Å². The smallest absolute Gasteiger partial charge is 0.335 e. The fraction of sp³-hybridized carbons (Fsp3) is 0.273. The number of ether oxygens (including phenoxy) is 3. The minimum Gasteiger partial charge on any atom is -0.495 e. The lowest BCUT2D eigenvalue weighted by Crippen LogP contribution is -2.27. The highest BCUT2D eigenvalue weighted by Crippen LogP contribution is 2.40. The van der Waals surface area contributed by atoms with Crippen molar-refractivity contribution in [1.82, 2.24) is 19.5 Å². The van der Waals surface area contributed by atoms with Crippen LogP contribution in [0.2, 0.25) is 0 Å². The van der Waals surface area contributed by atoms with Crippen LogP contribution in [-0.2, 0) is 17.8 Å². The maximum atomic E-state index is 15.7. The van der Waals surface area contributed by atoms with Crippen molar-refractivity contribution in [3.05, 3.63) is 101 Å². The molecule has 1 aliphatic heterocycles. The van der Waals surface area contributed by atoms with Gasteiger partial charge in [-0.3, -0.25) is 4.98 Å². The number of hydrogen-bond acceptors (Lipinski definition) is 7. The molecule has 0 aliphatic carbocycles. The Morgan fingerprint density at radius 1 is 1.09 bits per heavy atom. The van der Waals surface area contributed by atoms with Crippen LogP contribution in [0.15, 0.2) is 67.0 Å². The number of carboxylic acid groups (broad SMARTS) is 1. The molecule has 0 spiro atoms. The molecule has 44 heavy (non-hydrogen) atoms. The molecule has 6 rings (SSSR count). The molecular weight excluding hydrogens is 570 g/mol. The summed E-state index contributed by atoms with van der Waals surface area (Å²) in [4.78, 5) is 24.9. The van der Waals surface area contributed by atoms with Crippen LogP contribution in [0.5, 0.6) is 11.6 Å². The number of aromatic carboxylic acids is 1. The number of pyridine rings is 2. The molecule has 9 nitrogen and oxygen atoms in total. The molecule has 11 heteroatoms. The van der Waals surface area contributed by atoms with Gasteiger partial charge in [0, 0.05) is 35.2 Å². The lowest BCUT2D eigenvalue weighted by molar-refractivity contribution is 0.0697. The summed E-state index contributed by atoms with van der Waals surface area (Å²) in [7, 11) is 1.54. The summed E-state index contributed by atoms with van der Waals surface area (Å²) in [6, 6.07) is 13.4. The zero-order valence-electron chi connectivity index (χ0n) is 24.4. The predicted molar refractivity (Wildman–Crippen MR) is 158 cm³/mol. The average molecular weight is 601 g/mol. The largest absolute Gasteiger partial charge is 0.495 e. The first-order valence-electron chi connectivity index (χ1n) is 14.0. The molecule has 4 heterocycles. The van der Waals surface area contributed by atoms with Crippen molar-refractivity contribution < 1.29 is 32.9 Å². The number of carbonyl (C=O) groups is 1. The van der Waals surface area contributed by atoms with Crippen LogP contribution >= 0.6 is 0 Å². The molecule has 1 fully saturated rings.